The molecule has 0 atom stereocenters. The van der Waals surface area contributed by atoms with Gasteiger partial charge in [-0.25, -0.2) is 0 Å². The molecule has 1 N–H and O–H groups in total. The first kappa shape index (κ1) is 13.7. The van der Waals surface area contributed by atoms with E-state index in [1.165, 1.54) is 36.8 Å². The Morgan fingerprint density at radius 1 is 1.19 bits per heavy atom. The normalized spacial score (nSPS) is 10.6. The van der Waals surface area contributed by atoms with Gasteiger partial charge in [0.2, 0.25) is 0 Å². The summed E-state index contributed by atoms with van der Waals surface area (Å²) in [6.07, 6.45) is 9.05. The molecule has 0 bridgehead atoms. The Morgan fingerprint density at radius 2 is 2.00 bits per heavy atom. The first-order valence-electron chi connectivity index (χ1n) is 6.00. The number of alkyl halides is 1. The van der Waals surface area contributed by atoms with Gasteiger partial charge in [-0.05, 0) is 37.4 Å². The monoisotopic (exact) mass is 284 g/mol. The predicted molar refractivity (Wildman–Crippen MR) is 72.9 cm³/mol. The van der Waals surface area contributed by atoms with E-state index in [1.807, 2.05) is 12.4 Å². The third kappa shape index (κ3) is 6.23. The molecule has 0 fully saturated rings. The summed E-state index contributed by atoms with van der Waals surface area (Å²) in [5, 5.41) is 4.59. The highest BCUT2D eigenvalue weighted by molar-refractivity contribution is 9.09. The Labute approximate surface area is 107 Å². The van der Waals surface area contributed by atoms with Crippen LogP contribution >= 0.6 is 15.9 Å². The molecule has 0 aliphatic rings. The molecule has 0 amide bonds. The number of rotatable bonds is 8. The Kier molecular flexibility index (Phi) is 7.43. The molecular weight excluding hydrogens is 264 g/mol. The molecule has 0 saturated heterocycles. The number of aryl methyl sites for hydroxylation is 1. The van der Waals surface area contributed by atoms with Crippen molar-refractivity contribution in [3.8, 4) is 0 Å². The van der Waals surface area contributed by atoms with Crippen LogP contribution in [0.1, 0.15) is 36.8 Å². The van der Waals surface area contributed by atoms with Crippen molar-refractivity contribution in [1.29, 1.82) is 0 Å². The van der Waals surface area contributed by atoms with Gasteiger partial charge in [0.1, 0.15) is 0 Å². The highest BCUT2D eigenvalue weighted by Crippen LogP contribution is 2.02. The predicted octanol–water partition coefficient (Wildman–Crippen LogP) is 3.43. The SMILES string of the molecule is Cc1cncc(CNCCCCCCBr)c1. The summed E-state index contributed by atoms with van der Waals surface area (Å²) in [7, 11) is 0. The summed E-state index contributed by atoms with van der Waals surface area (Å²) in [5.74, 6) is 0. The number of nitrogens with one attached hydrogen (secondary N) is 1. The number of hydrogen-bond donors (Lipinski definition) is 1. The van der Waals surface area contributed by atoms with Crippen molar-refractivity contribution in [3.05, 3.63) is 29.6 Å². The maximum absolute atomic E-state index is 4.18. The number of aromatic nitrogens is 1. The Bertz CT molecular complexity index is 289. The van der Waals surface area contributed by atoms with Gasteiger partial charge in [0.05, 0.1) is 0 Å². The number of nitrogens with zero attached hydrogens (tertiary/aromatic N) is 1. The summed E-state index contributed by atoms with van der Waals surface area (Å²) in [5.41, 5.74) is 2.51. The molecule has 1 heterocycles. The molecule has 1 rings (SSSR count). The van der Waals surface area contributed by atoms with Crippen LogP contribution in [0, 0.1) is 6.92 Å². The van der Waals surface area contributed by atoms with Crippen LogP contribution in [0.3, 0.4) is 0 Å². The molecule has 0 aliphatic carbocycles. The first-order valence-corrected chi connectivity index (χ1v) is 7.12. The molecule has 90 valence electrons. The van der Waals surface area contributed by atoms with Gasteiger partial charge in [0.25, 0.3) is 0 Å². The zero-order valence-corrected chi connectivity index (χ0v) is 11.6. The van der Waals surface area contributed by atoms with Crippen LogP contribution in [0.4, 0.5) is 0 Å². The van der Waals surface area contributed by atoms with Crippen molar-refractivity contribution in [2.75, 3.05) is 11.9 Å². The second-order valence-electron chi connectivity index (χ2n) is 4.15. The van der Waals surface area contributed by atoms with Crippen molar-refractivity contribution < 1.29 is 0 Å². The third-order valence-corrected chi connectivity index (χ3v) is 3.06. The fourth-order valence-corrected chi connectivity index (χ4v) is 2.04. The molecule has 1 aromatic rings. The molecule has 0 saturated carbocycles. The average molecular weight is 285 g/mol. The summed E-state index contributed by atoms with van der Waals surface area (Å²) in [6, 6.07) is 2.19. The Balaban J connectivity index is 2.03. The molecule has 2 nitrogen and oxygen atoms in total. The third-order valence-electron chi connectivity index (χ3n) is 2.50. The average Bonchev–Trinajstić information content (AvgIpc) is 2.28. The molecule has 0 aliphatic heterocycles. The van der Waals surface area contributed by atoms with Crippen LogP contribution < -0.4 is 5.32 Å². The topological polar surface area (TPSA) is 24.9 Å². The minimum atomic E-state index is 0.938. The fraction of sp³-hybridized carbons (Fsp3) is 0.615. The summed E-state index contributed by atoms with van der Waals surface area (Å²) >= 11 is 3.45. The smallest absolute Gasteiger partial charge is 0.0313 e. The van der Waals surface area contributed by atoms with E-state index in [-0.39, 0.29) is 0 Å². The molecular formula is C13H21BrN2. The molecule has 1 aromatic heterocycles. The lowest BCUT2D eigenvalue weighted by molar-refractivity contribution is 0.599. The van der Waals surface area contributed by atoms with Gasteiger partial charge in [0, 0.05) is 24.3 Å². The lowest BCUT2D eigenvalue weighted by Crippen LogP contribution is -2.14. The zero-order valence-electron chi connectivity index (χ0n) is 10.0. The van der Waals surface area contributed by atoms with E-state index in [2.05, 4.69) is 39.2 Å². The van der Waals surface area contributed by atoms with Crippen LogP contribution in [0.5, 0.6) is 0 Å². The van der Waals surface area contributed by atoms with Gasteiger partial charge < -0.3 is 5.32 Å². The van der Waals surface area contributed by atoms with Crippen molar-refractivity contribution in [2.45, 2.75) is 39.2 Å². The van der Waals surface area contributed by atoms with E-state index in [0.29, 0.717) is 0 Å². The van der Waals surface area contributed by atoms with Crippen LogP contribution in [0.2, 0.25) is 0 Å². The summed E-state index contributed by atoms with van der Waals surface area (Å²) in [4.78, 5) is 4.18. The van der Waals surface area contributed by atoms with Crippen molar-refractivity contribution in [3.63, 3.8) is 0 Å². The molecule has 0 aromatic carbocycles. The number of unbranched alkanes of at least 4 members (excludes halogenated alkanes) is 3. The van der Waals surface area contributed by atoms with Gasteiger partial charge in [-0.1, -0.05) is 34.8 Å². The fourth-order valence-electron chi connectivity index (χ4n) is 1.64. The lowest BCUT2D eigenvalue weighted by Gasteiger charge is -2.05. The molecule has 16 heavy (non-hydrogen) atoms. The highest BCUT2D eigenvalue weighted by atomic mass is 79.9. The Hall–Kier alpha value is -0.410. The van der Waals surface area contributed by atoms with Gasteiger partial charge in [-0.3, -0.25) is 4.98 Å². The van der Waals surface area contributed by atoms with Gasteiger partial charge in [-0.15, -0.1) is 0 Å². The van der Waals surface area contributed by atoms with E-state index >= 15 is 0 Å². The second-order valence-corrected chi connectivity index (χ2v) is 4.94. The number of halogens is 1. The van der Waals surface area contributed by atoms with Crippen LogP contribution in [0.15, 0.2) is 18.5 Å². The van der Waals surface area contributed by atoms with Crippen LogP contribution in [-0.4, -0.2) is 16.9 Å². The quantitative estimate of drug-likeness (QED) is 0.584. The van der Waals surface area contributed by atoms with E-state index in [4.69, 9.17) is 0 Å². The van der Waals surface area contributed by atoms with Crippen molar-refractivity contribution in [1.82, 2.24) is 10.3 Å². The van der Waals surface area contributed by atoms with Gasteiger partial charge >= 0.3 is 0 Å². The minimum absolute atomic E-state index is 0.938. The van der Waals surface area contributed by atoms with Gasteiger partial charge in [0.15, 0.2) is 0 Å². The zero-order chi connectivity index (χ0) is 11.6. The van der Waals surface area contributed by atoms with E-state index in [9.17, 15) is 0 Å². The van der Waals surface area contributed by atoms with Crippen molar-refractivity contribution >= 4 is 15.9 Å². The van der Waals surface area contributed by atoms with E-state index < -0.39 is 0 Å². The molecule has 0 spiro atoms. The lowest BCUT2D eigenvalue weighted by atomic mass is 10.2. The van der Waals surface area contributed by atoms with Crippen molar-refractivity contribution in [2.24, 2.45) is 0 Å². The molecule has 0 radical (unpaired) electrons. The maximum Gasteiger partial charge on any atom is 0.0313 e. The van der Waals surface area contributed by atoms with Gasteiger partial charge in [-0.2, -0.15) is 0 Å². The van der Waals surface area contributed by atoms with Crippen LogP contribution in [-0.2, 0) is 6.54 Å². The molecule has 0 unspecified atom stereocenters. The first-order chi connectivity index (χ1) is 7.83. The standard InChI is InChI=1S/C13H21BrN2/c1-12-8-13(11-16-9-12)10-15-7-5-3-2-4-6-14/h8-9,11,15H,2-7,10H2,1H3. The summed E-state index contributed by atoms with van der Waals surface area (Å²) in [6.45, 7) is 4.13. The van der Waals surface area contributed by atoms with E-state index in [0.717, 1.165) is 18.4 Å². The molecule has 3 heteroatoms. The second kappa shape index (κ2) is 8.71. The Morgan fingerprint density at radius 3 is 2.75 bits per heavy atom. The number of pyridine rings is 1. The minimum Gasteiger partial charge on any atom is -0.313 e. The van der Waals surface area contributed by atoms with Crippen LogP contribution in [0.25, 0.3) is 0 Å². The maximum atomic E-state index is 4.18. The highest BCUT2D eigenvalue weighted by Gasteiger charge is 1.94. The number of hydrogen-bond acceptors (Lipinski definition) is 2. The summed E-state index contributed by atoms with van der Waals surface area (Å²) < 4.78 is 0. The largest absolute Gasteiger partial charge is 0.313 e. The van der Waals surface area contributed by atoms with E-state index in [1.54, 1.807) is 0 Å².